The Balaban J connectivity index is 2.25. The Morgan fingerprint density at radius 3 is 2.89 bits per heavy atom. The number of rotatable bonds is 2. The summed E-state index contributed by atoms with van der Waals surface area (Å²) >= 11 is 0. The first-order valence-electron chi connectivity index (χ1n) is 5.27. The van der Waals surface area contributed by atoms with Gasteiger partial charge in [0.25, 0.3) is 0 Å². The van der Waals surface area contributed by atoms with Crippen molar-refractivity contribution in [1.29, 1.82) is 0 Å². The Bertz CT molecular complexity index is 490. The molecular formula is C11H12N2O5. The van der Waals surface area contributed by atoms with Crippen LogP contribution < -0.4 is 5.23 Å². The van der Waals surface area contributed by atoms with Crippen molar-refractivity contribution in [1.82, 2.24) is 0 Å². The van der Waals surface area contributed by atoms with Crippen LogP contribution in [0.25, 0.3) is 0 Å². The largest absolute Gasteiger partial charge is 0.600 e. The third-order valence-corrected chi connectivity index (χ3v) is 2.60. The van der Waals surface area contributed by atoms with Crippen LogP contribution in [0.3, 0.4) is 0 Å². The Kier molecular flexibility index (Phi) is 3.39. The van der Waals surface area contributed by atoms with Gasteiger partial charge in [0, 0.05) is 6.92 Å². The molecule has 3 N–H and O–H groups in total. The fraction of sp³-hybridized carbons (Fsp3) is 0.273. The minimum absolute atomic E-state index is 0.0530. The molecule has 0 saturated heterocycles. The zero-order chi connectivity index (χ0) is 13.3. The predicted octanol–water partition coefficient (Wildman–Crippen LogP) is -1.16. The van der Waals surface area contributed by atoms with Crippen molar-refractivity contribution in [3.05, 3.63) is 40.8 Å². The van der Waals surface area contributed by atoms with E-state index in [9.17, 15) is 15.1 Å². The van der Waals surface area contributed by atoms with E-state index in [1.54, 1.807) is 0 Å². The van der Waals surface area contributed by atoms with Crippen LogP contribution in [0, 0.1) is 5.21 Å². The van der Waals surface area contributed by atoms with E-state index >= 15 is 0 Å². The molecule has 0 radical (unpaired) electrons. The molecule has 0 bridgehead atoms. The average molecular weight is 252 g/mol. The number of nitrogens with one attached hydrogen (secondary N) is 1. The summed E-state index contributed by atoms with van der Waals surface area (Å²) < 4.78 is 4.72. The molecule has 0 aromatic carbocycles. The van der Waals surface area contributed by atoms with E-state index in [0.717, 1.165) is 0 Å². The number of aliphatic imine (C=N–C) groups is 1. The summed E-state index contributed by atoms with van der Waals surface area (Å²) in [5.41, 5.74) is 0.368. The number of ether oxygens (including phenoxy) is 1. The molecule has 18 heavy (non-hydrogen) atoms. The molecule has 3 atom stereocenters. The maximum Gasteiger partial charge on any atom is 0.363 e. The number of hydrogen-bond acceptors (Lipinski definition) is 6. The summed E-state index contributed by atoms with van der Waals surface area (Å²) in [4.78, 5) is 15.2. The molecule has 0 aromatic rings. The van der Waals surface area contributed by atoms with E-state index in [1.807, 2.05) is 0 Å². The van der Waals surface area contributed by atoms with Crippen molar-refractivity contribution in [3.63, 3.8) is 0 Å². The first-order chi connectivity index (χ1) is 8.49. The van der Waals surface area contributed by atoms with E-state index in [2.05, 4.69) is 4.99 Å². The topological polar surface area (TPSA) is 107 Å². The van der Waals surface area contributed by atoms with Gasteiger partial charge in [0.05, 0.1) is 0 Å². The van der Waals surface area contributed by atoms with Crippen LogP contribution >= 0.6 is 0 Å². The third-order valence-electron chi connectivity index (χ3n) is 2.60. The second-order valence-electron chi connectivity index (χ2n) is 3.91. The number of hydroxylamine groups is 2. The van der Waals surface area contributed by atoms with Gasteiger partial charge < -0.3 is 15.1 Å². The summed E-state index contributed by atoms with van der Waals surface area (Å²) in [6.45, 7) is 1.53. The minimum atomic E-state index is -1.20. The van der Waals surface area contributed by atoms with Crippen LogP contribution in [0.4, 0.5) is 0 Å². The van der Waals surface area contributed by atoms with Crippen molar-refractivity contribution in [2.75, 3.05) is 0 Å². The van der Waals surface area contributed by atoms with Gasteiger partial charge in [-0.1, -0.05) is 12.2 Å². The van der Waals surface area contributed by atoms with E-state index in [0.29, 0.717) is 5.57 Å². The van der Waals surface area contributed by atoms with E-state index < -0.39 is 23.3 Å². The molecule has 0 fully saturated rings. The first kappa shape index (κ1) is 12.7. The molecule has 0 amide bonds. The second-order valence-corrected chi connectivity index (χ2v) is 3.91. The van der Waals surface area contributed by atoms with Gasteiger partial charge in [-0.3, -0.25) is 0 Å². The van der Waals surface area contributed by atoms with Crippen LogP contribution in [0.5, 0.6) is 0 Å². The molecule has 1 aliphatic carbocycles. The van der Waals surface area contributed by atoms with E-state index in [-0.39, 0.29) is 11.6 Å². The Morgan fingerprint density at radius 2 is 2.33 bits per heavy atom. The lowest BCUT2D eigenvalue weighted by Gasteiger charge is -2.28. The Morgan fingerprint density at radius 1 is 1.61 bits per heavy atom. The molecular weight excluding hydrogens is 240 g/mol. The highest BCUT2D eigenvalue weighted by atomic mass is 16.8. The molecule has 1 unspecified atom stereocenters. The Hall–Kier alpha value is -1.80. The van der Waals surface area contributed by atoms with Gasteiger partial charge >= 0.3 is 5.97 Å². The summed E-state index contributed by atoms with van der Waals surface area (Å²) in [6, 6.07) is -1.02. The molecule has 1 aliphatic heterocycles. The summed E-state index contributed by atoms with van der Waals surface area (Å²) in [6.07, 6.45) is 4.57. The van der Waals surface area contributed by atoms with Gasteiger partial charge in [-0.05, 0) is 17.7 Å². The van der Waals surface area contributed by atoms with Gasteiger partial charge in [-0.15, -0.1) is 0 Å². The molecule has 0 aromatic heterocycles. The number of carbonyl (C=O) groups excluding carboxylic acids is 1. The lowest BCUT2D eigenvalue weighted by molar-refractivity contribution is -1.06. The number of aliphatic hydroxyl groups excluding tert-OH is 1. The van der Waals surface area contributed by atoms with Gasteiger partial charge in [-0.2, -0.15) is 0 Å². The van der Waals surface area contributed by atoms with Crippen LogP contribution in [-0.4, -0.2) is 34.3 Å². The maximum atomic E-state index is 11.3. The average Bonchev–Trinajstić information content (AvgIpc) is 2.60. The van der Waals surface area contributed by atoms with Gasteiger partial charge in [0.1, 0.15) is 6.10 Å². The maximum absolute atomic E-state index is 11.3. The summed E-state index contributed by atoms with van der Waals surface area (Å²) in [5, 5.41) is 28.5. The summed E-state index contributed by atoms with van der Waals surface area (Å²) in [5.74, 6) is -0.385. The lowest BCUT2D eigenvalue weighted by atomic mass is 9.96. The molecule has 96 valence electrons. The van der Waals surface area contributed by atoms with Crippen molar-refractivity contribution in [2.45, 2.75) is 19.1 Å². The molecule has 1 heterocycles. The van der Waals surface area contributed by atoms with Crippen molar-refractivity contribution < 1.29 is 25.1 Å². The lowest BCUT2D eigenvalue weighted by Crippen LogP contribution is -3.10. The SMILES string of the molecule is CC1=N/C(=C/C2=CC=C[C@H]([NH+]([O-])O)[C@H]2O)C(=O)O1. The normalized spacial score (nSPS) is 31.1. The number of carbonyl (C=O) groups is 1. The zero-order valence-corrected chi connectivity index (χ0v) is 9.53. The molecule has 7 nitrogen and oxygen atoms in total. The number of esters is 1. The fourth-order valence-electron chi connectivity index (χ4n) is 1.72. The standard InChI is InChI=1S/C11H12N2O5/c1-6-12-8(11(15)18-6)5-7-3-2-4-9(10(7)14)13(16)17/h2-5,9-10,13-14,16H,1H3/b8-5+/t9-,10-/m0/s1. The Labute approximate surface area is 103 Å². The number of hydrogen-bond donors (Lipinski definition) is 3. The smallest absolute Gasteiger partial charge is 0.363 e. The number of nitrogens with zero attached hydrogens (tertiary/aromatic N) is 1. The first-order valence-corrected chi connectivity index (χ1v) is 5.27. The number of cyclic esters (lactones) is 1. The van der Waals surface area contributed by atoms with Crippen LogP contribution in [0.1, 0.15) is 6.92 Å². The van der Waals surface area contributed by atoms with Gasteiger partial charge in [-0.25, -0.2) is 20.2 Å². The van der Waals surface area contributed by atoms with Crippen molar-refractivity contribution in [2.24, 2.45) is 4.99 Å². The fourth-order valence-corrected chi connectivity index (χ4v) is 1.72. The zero-order valence-electron chi connectivity index (χ0n) is 9.53. The highest BCUT2D eigenvalue weighted by molar-refractivity contribution is 6.04. The quantitative estimate of drug-likeness (QED) is 0.326. The number of aliphatic hydroxyl groups is 1. The van der Waals surface area contributed by atoms with Gasteiger partial charge in [0.2, 0.25) is 0 Å². The van der Waals surface area contributed by atoms with Crippen LogP contribution in [0.15, 0.2) is 40.6 Å². The summed E-state index contributed by atoms with van der Waals surface area (Å²) in [7, 11) is 0. The highest BCUT2D eigenvalue weighted by Gasteiger charge is 2.29. The molecule has 2 aliphatic rings. The van der Waals surface area contributed by atoms with E-state index in [1.165, 1.54) is 31.2 Å². The molecule has 2 rings (SSSR count). The van der Waals surface area contributed by atoms with Crippen molar-refractivity contribution >= 4 is 11.9 Å². The monoisotopic (exact) mass is 252 g/mol. The van der Waals surface area contributed by atoms with E-state index in [4.69, 9.17) is 9.94 Å². The van der Waals surface area contributed by atoms with Crippen LogP contribution in [-0.2, 0) is 9.53 Å². The predicted molar refractivity (Wildman–Crippen MR) is 60.4 cm³/mol. The second kappa shape index (κ2) is 4.83. The number of quaternary nitrogens is 1. The van der Waals surface area contributed by atoms with Crippen LogP contribution in [0.2, 0.25) is 0 Å². The molecule has 7 heteroatoms. The highest BCUT2D eigenvalue weighted by Crippen LogP contribution is 2.19. The minimum Gasteiger partial charge on any atom is -0.600 e. The van der Waals surface area contributed by atoms with Crippen molar-refractivity contribution in [3.8, 4) is 0 Å². The van der Waals surface area contributed by atoms with Gasteiger partial charge in [0.15, 0.2) is 17.6 Å². The number of allylic oxidation sites excluding steroid dienone is 2. The molecule has 0 saturated carbocycles. The molecule has 0 spiro atoms. The third kappa shape index (κ3) is 2.39.